The van der Waals surface area contributed by atoms with Crippen LogP contribution >= 0.6 is 0 Å². The molecule has 1 amide bonds. The summed E-state index contributed by atoms with van der Waals surface area (Å²) in [6.07, 6.45) is 2.86. The van der Waals surface area contributed by atoms with E-state index >= 15 is 0 Å². The van der Waals surface area contributed by atoms with Crippen LogP contribution < -0.4 is 15.8 Å². The number of nitrogens with one attached hydrogen (secondary N) is 1. The molecule has 20 heavy (non-hydrogen) atoms. The molecule has 0 heterocycles. The number of hydrogen-bond donors (Lipinski definition) is 3. The Hall–Kier alpha value is -2.08. The van der Waals surface area contributed by atoms with Crippen LogP contribution in [0.2, 0.25) is 0 Å². The standard InChI is InChI=1S/C14H20N2O4/c1-20-10-6-7-12(11(9-10)14(18)19)16-13(17)5-3-2-4-8-15/h6-7,9H,2-5,8,15H2,1H3,(H,16,17)(H,18,19). The lowest BCUT2D eigenvalue weighted by Gasteiger charge is -2.10. The molecule has 1 aromatic rings. The van der Waals surface area contributed by atoms with Crippen LogP contribution in [0.5, 0.6) is 5.75 Å². The molecule has 110 valence electrons. The van der Waals surface area contributed by atoms with Crippen LogP contribution in [0.1, 0.15) is 36.0 Å². The molecule has 0 aliphatic carbocycles. The van der Waals surface area contributed by atoms with E-state index in [2.05, 4.69) is 5.32 Å². The fourth-order valence-corrected chi connectivity index (χ4v) is 1.76. The van der Waals surface area contributed by atoms with Crippen LogP contribution in [-0.2, 0) is 4.79 Å². The quantitative estimate of drug-likeness (QED) is 0.631. The van der Waals surface area contributed by atoms with E-state index in [1.165, 1.54) is 19.2 Å². The van der Waals surface area contributed by atoms with E-state index in [-0.39, 0.29) is 17.2 Å². The van der Waals surface area contributed by atoms with Gasteiger partial charge in [0, 0.05) is 6.42 Å². The SMILES string of the molecule is COc1ccc(NC(=O)CCCCCN)c(C(=O)O)c1. The van der Waals surface area contributed by atoms with Crippen LogP contribution in [0.3, 0.4) is 0 Å². The van der Waals surface area contributed by atoms with Crippen molar-refractivity contribution in [2.24, 2.45) is 5.73 Å². The topological polar surface area (TPSA) is 102 Å². The Morgan fingerprint density at radius 3 is 2.65 bits per heavy atom. The number of benzene rings is 1. The summed E-state index contributed by atoms with van der Waals surface area (Å²) in [6.45, 7) is 0.614. The number of nitrogens with two attached hydrogens (primary N) is 1. The Morgan fingerprint density at radius 2 is 2.05 bits per heavy atom. The first-order valence-corrected chi connectivity index (χ1v) is 6.49. The lowest BCUT2D eigenvalue weighted by atomic mass is 10.1. The fourth-order valence-electron chi connectivity index (χ4n) is 1.76. The number of carbonyl (C=O) groups excluding carboxylic acids is 1. The van der Waals surface area contributed by atoms with Crippen molar-refractivity contribution in [3.8, 4) is 5.75 Å². The Bertz CT molecular complexity index is 474. The first kappa shape index (κ1) is 16.0. The van der Waals surface area contributed by atoms with Crippen LogP contribution in [0.15, 0.2) is 18.2 Å². The molecule has 0 aliphatic rings. The number of carboxylic acids is 1. The van der Waals surface area contributed by atoms with E-state index in [0.29, 0.717) is 18.7 Å². The number of rotatable bonds is 8. The van der Waals surface area contributed by atoms with Gasteiger partial charge in [0.15, 0.2) is 0 Å². The maximum Gasteiger partial charge on any atom is 0.337 e. The van der Waals surface area contributed by atoms with Gasteiger partial charge < -0.3 is 20.9 Å². The molecule has 0 unspecified atom stereocenters. The van der Waals surface area contributed by atoms with Crippen molar-refractivity contribution in [1.82, 2.24) is 0 Å². The first-order chi connectivity index (χ1) is 9.58. The van der Waals surface area contributed by atoms with Crippen molar-refractivity contribution >= 4 is 17.6 Å². The highest BCUT2D eigenvalue weighted by Gasteiger charge is 2.13. The summed E-state index contributed by atoms with van der Waals surface area (Å²) >= 11 is 0. The molecule has 1 aromatic carbocycles. The molecule has 0 saturated heterocycles. The summed E-state index contributed by atoms with van der Waals surface area (Å²) in [5.74, 6) is -0.875. The Kier molecular flexibility index (Phi) is 6.52. The van der Waals surface area contributed by atoms with Crippen LogP contribution in [0.25, 0.3) is 0 Å². The van der Waals surface area contributed by atoms with Crippen molar-refractivity contribution < 1.29 is 19.4 Å². The first-order valence-electron chi connectivity index (χ1n) is 6.49. The van der Waals surface area contributed by atoms with E-state index in [1.54, 1.807) is 6.07 Å². The third-order valence-corrected chi connectivity index (χ3v) is 2.84. The molecule has 0 saturated carbocycles. The summed E-state index contributed by atoms with van der Waals surface area (Å²) in [4.78, 5) is 22.9. The number of methoxy groups -OCH3 is 1. The van der Waals surface area contributed by atoms with Gasteiger partial charge in [-0.1, -0.05) is 6.42 Å². The summed E-state index contributed by atoms with van der Waals surface area (Å²) in [7, 11) is 1.46. The lowest BCUT2D eigenvalue weighted by molar-refractivity contribution is -0.116. The predicted molar refractivity (Wildman–Crippen MR) is 76.1 cm³/mol. The van der Waals surface area contributed by atoms with Crippen LogP contribution in [-0.4, -0.2) is 30.6 Å². The van der Waals surface area contributed by atoms with E-state index < -0.39 is 5.97 Å². The number of anilines is 1. The summed E-state index contributed by atoms with van der Waals surface area (Å²) in [6, 6.07) is 4.52. The zero-order valence-corrected chi connectivity index (χ0v) is 11.5. The Balaban J connectivity index is 2.66. The second-order valence-electron chi connectivity index (χ2n) is 4.36. The minimum Gasteiger partial charge on any atom is -0.497 e. The van der Waals surface area contributed by atoms with Gasteiger partial charge in [-0.05, 0) is 37.6 Å². The molecule has 1 rings (SSSR count). The number of unbranched alkanes of at least 4 members (excludes halogenated alkanes) is 2. The van der Waals surface area contributed by atoms with E-state index in [9.17, 15) is 9.59 Å². The van der Waals surface area contributed by atoms with Gasteiger partial charge in [-0.25, -0.2) is 4.79 Å². The zero-order chi connectivity index (χ0) is 15.0. The second-order valence-corrected chi connectivity index (χ2v) is 4.36. The minimum absolute atomic E-state index is 0.0136. The van der Waals surface area contributed by atoms with Gasteiger partial charge in [0.25, 0.3) is 0 Å². The van der Waals surface area contributed by atoms with Crippen molar-refractivity contribution in [2.75, 3.05) is 19.0 Å². The largest absolute Gasteiger partial charge is 0.497 e. The molecule has 0 aliphatic heterocycles. The highest BCUT2D eigenvalue weighted by Crippen LogP contribution is 2.22. The molecule has 6 heteroatoms. The highest BCUT2D eigenvalue weighted by atomic mass is 16.5. The maximum absolute atomic E-state index is 11.7. The number of aromatic carboxylic acids is 1. The van der Waals surface area contributed by atoms with Crippen molar-refractivity contribution in [1.29, 1.82) is 0 Å². The highest BCUT2D eigenvalue weighted by molar-refractivity contribution is 6.00. The molecular weight excluding hydrogens is 260 g/mol. The number of ether oxygens (including phenoxy) is 1. The minimum atomic E-state index is -1.11. The number of amides is 1. The Labute approximate surface area is 117 Å². The molecule has 0 spiro atoms. The van der Waals surface area contributed by atoms with Gasteiger partial charge in [-0.15, -0.1) is 0 Å². The smallest absolute Gasteiger partial charge is 0.337 e. The average molecular weight is 280 g/mol. The van der Waals surface area contributed by atoms with Crippen molar-refractivity contribution in [2.45, 2.75) is 25.7 Å². The third-order valence-electron chi connectivity index (χ3n) is 2.84. The van der Waals surface area contributed by atoms with Crippen LogP contribution in [0, 0.1) is 0 Å². The fraction of sp³-hybridized carbons (Fsp3) is 0.429. The lowest BCUT2D eigenvalue weighted by Crippen LogP contribution is -2.14. The number of hydrogen-bond acceptors (Lipinski definition) is 4. The van der Waals surface area contributed by atoms with E-state index in [0.717, 1.165) is 19.3 Å². The Morgan fingerprint density at radius 1 is 1.30 bits per heavy atom. The third kappa shape index (κ3) is 4.89. The molecule has 0 fully saturated rings. The zero-order valence-electron chi connectivity index (χ0n) is 11.5. The number of carboxylic acid groups (broad SMARTS) is 1. The summed E-state index contributed by atoms with van der Waals surface area (Å²) in [5.41, 5.74) is 5.67. The van der Waals surface area contributed by atoms with Gasteiger partial charge in [0.05, 0.1) is 18.4 Å². The average Bonchev–Trinajstić information content (AvgIpc) is 2.43. The predicted octanol–water partition coefficient (Wildman–Crippen LogP) is 1.85. The summed E-state index contributed by atoms with van der Waals surface area (Å²) < 4.78 is 4.97. The van der Waals surface area contributed by atoms with Gasteiger partial charge in [-0.3, -0.25) is 4.79 Å². The van der Waals surface area contributed by atoms with E-state index in [1.807, 2.05) is 0 Å². The molecule has 0 radical (unpaired) electrons. The molecule has 0 atom stereocenters. The normalized spacial score (nSPS) is 10.1. The monoisotopic (exact) mass is 280 g/mol. The molecule has 6 nitrogen and oxygen atoms in total. The second kappa shape index (κ2) is 8.16. The maximum atomic E-state index is 11.7. The van der Waals surface area contributed by atoms with Crippen LogP contribution in [0.4, 0.5) is 5.69 Å². The van der Waals surface area contributed by atoms with E-state index in [4.69, 9.17) is 15.6 Å². The van der Waals surface area contributed by atoms with Gasteiger partial charge in [0.2, 0.25) is 5.91 Å². The molecular formula is C14H20N2O4. The number of carbonyl (C=O) groups is 2. The van der Waals surface area contributed by atoms with Gasteiger partial charge >= 0.3 is 5.97 Å². The van der Waals surface area contributed by atoms with Crippen molar-refractivity contribution in [3.63, 3.8) is 0 Å². The van der Waals surface area contributed by atoms with Crippen molar-refractivity contribution in [3.05, 3.63) is 23.8 Å². The molecule has 0 bridgehead atoms. The summed E-state index contributed by atoms with van der Waals surface area (Å²) in [5, 5.41) is 11.7. The molecule has 0 aromatic heterocycles. The van der Waals surface area contributed by atoms with Gasteiger partial charge in [-0.2, -0.15) is 0 Å². The van der Waals surface area contributed by atoms with Gasteiger partial charge in [0.1, 0.15) is 5.75 Å². The molecule has 4 N–H and O–H groups in total.